The molecule has 1 aliphatic heterocycles. The zero-order chi connectivity index (χ0) is 15.2. The molecule has 0 fully saturated rings. The molecule has 22 heavy (non-hydrogen) atoms. The van der Waals surface area contributed by atoms with Crippen LogP contribution >= 0.6 is 39.9 Å². The van der Waals surface area contributed by atoms with E-state index in [1.165, 1.54) is 0 Å². The van der Waals surface area contributed by atoms with Crippen LogP contribution < -0.4 is 20.1 Å². The Bertz CT molecular complexity index is 526. The maximum Gasteiger partial charge on any atom is 0.231 e. The summed E-state index contributed by atoms with van der Waals surface area (Å²) in [5.74, 6) is 2.38. The van der Waals surface area contributed by atoms with Gasteiger partial charge in [0.15, 0.2) is 17.5 Å². The van der Waals surface area contributed by atoms with Gasteiger partial charge in [-0.3, -0.25) is 0 Å². The SMILES string of the molecule is CCNC(=NCc1cc(Br)c2c(c1)OCO2)NC(C)CC.I. The van der Waals surface area contributed by atoms with Crippen molar-refractivity contribution >= 4 is 45.9 Å². The van der Waals surface area contributed by atoms with Crippen molar-refractivity contribution in [1.82, 2.24) is 10.6 Å². The Kier molecular flexibility index (Phi) is 8.30. The third kappa shape index (κ3) is 5.19. The number of hydrogen-bond donors (Lipinski definition) is 2. The fourth-order valence-corrected chi connectivity index (χ4v) is 2.54. The largest absolute Gasteiger partial charge is 0.454 e. The molecular formula is C15H23BrIN3O2. The molecule has 0 spiro atoms. The number of ether oxygens (including phenoxy) is 2. The highest BCUT2D eigenvalue weighted by atomic mass is 127. The van der Waals surface area contributed by atoms with E-state index in [2.05, 4.69) is 52.3 Å². The van der Waals surface area contributed by atoms with Crippen LogP contribution in [0.2, 0.25) is 0 Å². The molecule has 0 saturated carbocycles. The van der Waals surface area contributed by atoms with Crippen LogP contribution in [-0.2, 0) is 6.54 Å². The van der Waals surface area contributed by atoms with E-state index in [0.717, 1.165) is 40.5 Å². The molecule has 5 nitrogen and oxygen atoms in total. The van der Waals surface area contributed by atoms with Gasteiger partial charge in [-0.2, -0.15) is 0 Å². The quantitative estimate of drug-likeness (QED) is 0.381. The van der Waals surface area contributed by atoms with E-state index >= 15 is 0 Å². The Morgan fingerprint density at radius 3 is 2.82 bits per heavy atom. The number of benzene rings is 1. The standard InChI is InChI=1S/C15H22BrN3O2.HI/c1-4-10(3)19-15(17-5-2)18-8-11-6-12(16)14-13(7-11)20-9-21-14;/h6-7,10H,4-5,8-9H2,1-3H3,(H2,17,18,19);1H. The van der Waals surface area contributed by atoms with Crippen LogP contribution in [-0.4, -0.2) is 25.3 Å². The Balaban J connectivity index is 0.00000242. The summed E-state index contributed by atoms with van der Waals surface area (Å²) in [6.07, 6.45) is 1.06. The summed E-state index contributed by atoms with van der Waals surface area (Å²) < 4.78 is 11.7. The summed E-state index contributed by atoms with van der Waals surface area (Å²) in [4.78, 5) is 4.62. The second-order valence-corrected chi connectivity index (χ2v) is 5.81. The predicted molar refractivity (Wildman–Crippen MR) is 103 cm³/mol. The minimum absolute atomic E-state index is 0. The van der Waals surface area contributed by atoms with Crippen LogP contribution in [0.4, 0.5) is 0 Å². The zero-order valence-corrected chi connectivity index (χ0v) is 17.0. The molecular weight excluding hydrogens is 461 g/mol. The van der Waals surface area contributed by atoms with Crippen molar-refractivity contribution in [1.29, 1.82) is 0 Å². The number of aliphatic imine (C=N–C) groups is 1. The Hall–Kier alpha value is -0.700. The fourth-order valence-electron chi connectivity index (χ4n) is 1.94. The molecule has 1 aromatic rings. The molecule has 0 aromatic heterocycles. The number of nitrogens with zero attached hydrogens (tertiary/aromatic N) is 1. The van der Waals surface area contributed by atoms with Crippen molar-refractivity contribution in [2.75, 3.05) is 13.3 Å². The topological polar surface area (TPSA) is 54.9 Å². The van der Waals surface area contributed by atoms with E-state index in [1.807, 2.05) is 12.1 Å². The van der Waals surface area contributed by atoms with Crippen molar-refractivity contribution in [2.45, 2.75) is 39.8 Å². The van der Waals surface area contributed by atoms with Gasteiger partial charge >= 0.3 is 0 Å². The van der Waals surface area contributed by atoms with Crippen LogP contribution in [0.15, 0.2) is 21.6 Å². The van der Waals surface area contributed by atoms with Gasteiger partial charge < -0.3 is 20.1 Å². The highest BCUT2D eigenvalue weighted by molar-refractivity contribution is 14.0. The lowest BCUT2D eigenvalue weighted by molar-refractivity contribution is 0.173. The Morgan fingerprint density at radius 2 is 2.14 bits per heavy atom. The summed E-state index contributed by atoms with van der Waals surface area (Å²) in [5.41, 5.74) is 1.08. The first kappa shape index (κ1) is 19.3. The Morgan fingerprint density at radius 1 is 1.36 bits per heavy atom. The molecule has 1 aliphatic rings. The summed E-state index contributed by atoms with van der Waals surface area (Å²) in [6, 6.07) is 4.39. The maximum atomic E-state index is 5.42. The molecule has 0 bridgehead atoms. The number of halogens is 2. The summed E-state index contributed by atoms with van der Waals surface area (Å²) >= 11 is 3.50. The molecule has 7 heteroatoms. The molecule has 1 unspecified atom stereocenters. The molecule has 124 valence electrons. The lowest BCUT2D eigenvalue weighted by Crippen LogP contribution is -2.41. The van der Waals surface area contributed by atoms with Gasteiger partial charge in [-0.25, -0.2) is 4.99 Å². The normalized spacial score (nSPS) is 14.3. The van der Waals surface area contributed by atoms with Crippen LogP contribution in [0, 0.1) is 0 Å². The zero-order valence-electron chi connectivity index (χ0n) is 13.1. The highest BCUT2D eigenvalue weighted by Crippen LogP contribution is 2.40. The fraction of sp³-hybridized carbons (Fsp3) is 0.533. The highest BCUT2D eigenvalue weighted by Gasteiger charge is 2.17. The predicted octanol–water partition coefficient (Wildman–Crippen LogP) is 3.65. The minimum Gasteiger partial charge on any atom is -0.454 e. The van der Waals surface area contributed by atoms with Gasteiger partial charge in [-0.15, -0.1) is 24.0 Å². The molecule has 0 amide bonds. The second kappa shape index (κ2) is 9.44. The van der Waals surface area contributed by atoms with Crippen molar-refractivity contribution in [3.05, 3.63) is 22.2 Å². The number of nitrogens with one attached hydrogen (secondary N) is 2. The molecule has 0 aliphatic carbocycles. The first-order valence-corrected chi connectivity index (χ1v) is 8.06. The van der Waals surface area contributed by atoms with E-state index < -0.39 is 0 Å². The van der Waals surface area contributed by atoms with Gasteiger partial charge in [-0.05, 0) is 53.9 Å². The molecule has 1 atom stereocenters. The third-order valence-electron chi connectivity index (χ3n) is 3.25. The van der Waals surface area contributed by atoms with Gasteiger partial charge in [0, 0.05) is 12.6 Å². The maximum absolute atomic E-state index is 5.42. The molecule has 0 saturated heterocycles. The van der Waals surface area contributed by atoms with Crippen LogP contribution in [0.5, 0.6) is 11.5 Å². The first-order chi connectivity index (χ1) is 10.1. The summed E-state index contributed by atoms with van der Waals surface area (Å²) in [7, 11) is 0. The summed E-state index contributed by atoms with van der Waals surface area (Å²) in [6.45, 7) is 8.05. The van der Waals surface area contributed by atoms with Crippen molar-refractivity contribution in [2.24, 2.45) is 4.99 Å². The van der Waals surface area contributed by atoms with Crippen LogP contribution in [0.3, 0.4) is 0 Å². The molecule has 2 rings (SSSR count). The number of hydrogen-bond acceptors (Lipinski definition) is 3. The third-order valence-corrected chi connectivity index (χ3v) is 3.84. The van der Waals surface area contributed by atoms with Gasteiger partial charge in [0.25, 0.3) is 0 Å². The van der Waals surface area contributed by atoms with Gasteiger partial charge in [0.1, 0.15) is 0 Å². The Labute approximate surface area is 157 Å². The van der Waals surface area contributed by atoms with Crippen molar-refractivity contribution in [3.63, 3.8) is 0 Å². The average Bonchev–Trinajstić information content (AvgIpc) is 2.93. The first-order valence-electron chi connectivity index (χ1n) is 7.26. The van der Waals surface area contributed by atoms with Crippen molar-refractivity contribution in [3.8, 4) is 11.5 Å². The molecule has 0 radical (unpaired) electrons. The molecule has 2 N–H and O–H groups in total. The van der Waals surface area contributed by atoms with Gasteiger partial charge in [0.05, 0.1) is 11.0 Å². The smallest absolute Gasteiger partial charge is 0.231 e. The van der Waals surface area contributed by atoms with E-state index in [-0.39, 0.29) is 30.8 Å². The summed E-state index contributed by atoms with van der Waals surface area (Å²) in [5, 5.41) is 6.63. The van der Waals surface area contributed by atoms with Crippen LogP contribution in [0.1, 0.15) is 32.8 Å². The average molecular weight is 484 g/mol. The lowest BCUT2D eigenvalue weighted by Gasteiger charge is -2.16. The van der Waals surface area contributed by atoms with Gasteiger partial charge in [0.2, 0.25) is 6.79 Å². The molecule has 1 heterocycles. The monoisotopic (exact) mass is 483 g/mol. The van der Waals surface area contributed by atoms with E-state index in [4.69, 9.17) is 9.47 Å². The second-order valence-electron chi connectivity index (χ2n) is 4.96. The minimum atomic E-state index is 0. The number of fused-ring (bicyclic) bond motifs is 1. The van der Waals surface area contributed by atoms with E-state index in [0.29, 0.717) is 12.6 Å². The van der Waals surface area contributed by atoms with E-state index in [1.54, 1.807) is 0 Å². The number of guanidine groups is 1. The van der Waals surface area contributed by atoms with Crippen molar-refractivity contribution < 1.29 is 9.47 Å². The lowest BCUT2D eigenvalue weighted by atomic mass is 10.2. The van der Waals surface area contributed by atoms with E-state index in [9.17, 15) is 0 Å². The number of rotatable bonds is 5. The molecule has 1 aromatic carbocycles. The van der Waals surface area contributed by atoms with Crippen LogP contribution in [0.25, 0.3) is 0 Å². The van der Waals surface area contributed by atoms with Gasteiger partial charge in [-0.1, -0.05) is 6.92 Å².